The Labute approximate surface area is 169 Å². The van der Waals surface area contributed by atoms with Crippen molar-refractivity contribution in [2.75, 3.05) is 5.32 Å². The summed E-state index contributed by atoms with van der Waals surface area (Å²) in [5, 5.41) is 1.69. The average Bonchev–Trinajstić information content (AvgIpc) is 2.91. The minimum atomic E-state index is -5.08. The van der Waals surface area contributed by atoms with Crippen LogP contribution in [0.15, 0.2) is 23.2 Å². The number of hydrogen-bond donors (Lipinski definition) is 2. The summed E-state index contributed by atoms with van der Waals surface area (Å²) in [5.74, 6) is -6.75. The van der Waals surface area contributed by atoms with Gasteiger partial charge in [0.15, 0.2) is 11.6 Å². The normalized spacial score (nSPS) is 13.5. The first-order valence-corrected chi connectivity index (χ1v) is 9.57. The average molecular weight is 479 g/mol. The summed E-state index contributed by atoms with van der Waals surface area (Å²) in [7, 11) is -4.13. The van der Waals surface area contributed by atoms with Gasteiger partial charge in [0.1, 0.15) is 22.4 Å². The Hall–Kier alpha value is -2.68. The predicted molar refractivity (Wildman–Crippen MR) is 90.5 cm³/mol. The molecule has 0 spiro atoms. The molecule has 0 bridgehead atoms. The second-order valence-corrected chi connectivity index (χ2v) is 7.91. The topological polar surface area (TPSA) is 80.2 Å². The number of rotatable bonds is 6. The van der Waals surface area contributed by atoms with Crippen molar-refractivity contribution < 1.29 is 48.3 Å². The molecule has 6 nitrogen and oxygen atoms in total. The van der Waals surface area contributed by atoms with E-state index in [1.165, 1.54) is 4.72 Å². The number of halogens is 8. The van der Waals surface area contributed by atoms with Gasteiger partial charge in [-0.05, 0) is 19.1 Å². The molecule has 2 N–H and O–H groups in total. The third-order valence-corrected chi connectivity index (χ3v) is 5.54. The molecule has 1 aromatic carbocycles. The van der Waals surface area contributed by atoms with Crippen LogP contribution in [0.4, 0.5) is 40.8 Å². The zero-order valence-corrected chi connectivity index (χ0v) is 16.3. The van der Waals surface area contributed by atoms with Gasteiger partial charge in [0, 0.05) is 13.2 Å². The van der Waals surface area contributed by atoms with Crippen LogP contribution < -0.4 is 10.0 Å². The maximum atomic E-state index is 14.6. The quantitative estimate of drug-likeness (QED) is 0.618. The number of nitrogens with zero attached hydrogens (tertiary/aromatic N) is 1. The summed E-state index contributed by atoms with van der Waals surface area (Å²) in [6, 6.07) is -1.60. The van der Waals surface area contributed by atoms with Crippen molar-refractivity contribution in [1.82, 2.24) is 9.29 Å². The van der Waals surface area contributed by atoms with E-state index in [0.717, 1.165) is 7.05 Å². The lowest BCUT2D eigenvalue weighted by Crippen LogP contribution is -2.43. The number of carbonyl (C=O) groups is 1. The first kappa shape index (κ1) is 24.6. The van der Waals surface area contributed by atoms with E-state index in [-0.39, 0.29) is 0 Å². The van der Waals surface area contributed by atoms with E-state index in [4.69, 9.17) is 0 Å². The summed E-state index contributed by atoms with van der Waals surface area (Å²) >= 11 is 0. The molecule has 2 rings (SSSR count). The Morgan fingerprint density at radius 2 is 1.68 bits per heavy atom. The molecule has 1 amide bonds. The Balaban J connectivity index is 2.41. The molecule has 0 fully saturated rings. The van der Waals surface area contributed by atoms with Crippen LogP contribution in [-0.4, -0.2) is 31.1 Å². The van der Waals surface area contributed by atoms with Gasteiger partial charge in [-0.3, -0.25) is 4.79 Å². The molecule has 15 heteroatoms. The fourth-order valence-electron chi connectivity index (χ4n) is 2.43. The third-order valence-electron chi connectivity index (χ3n) is 4.01. The van der Waals surface area contributed by atoms with Crippen molar-refractivity contribution in [2.24, 2.45) is 7.05 Å². The summed E-state index contributed by atoms with van der Waals surface area (Å²) in [5.41, 5.74) is -3.68. The van der Waals surface area contributed by atoms with Gasteiger partial charge in [-0.2, -0.15) is 17.9 Å². The molecule has 0 aliphatic rings. The van der Waals surface area contributed by atoms with Crippen molar-refractivity contribution in [3.05, 3.63) is 47.0 Å². The number of alkyl halides is 5. The number of carbonyl (C=O) groups excluding carboxylic acids is 1. The molecule has 0 aliphatic carbocycles. The number of amides is 1. The molecule has 172 valence electrons. The molecule has 0 aliphatic heterocycles. The van der Waals surface area contributed by atoms with Crippen molar-refractivity contribution in [3.8, 4) is 0 Å². The van der Waals surface area contributed by atoms with E-state index in [2.05, 4.69) is 0 Å². The lowest BCUT2D eigenvalue weighted by atomic mass is 10.1. The van der Waals surface area contributed by atoms with Gasteiger partial charge in [-0.25, -0.2) is 30.4 Å². The van der Waals surface area contributed by atoms with Crippen molar-refractivity contribution in [2.45, 2.75) is 30.5 Å². The largest absolute Gasteiger partial charge is 0.404 e. The SMILES string of the molecule is C[C@@H](NS(=O)(=O)c1cn(C)c(C(=O)Nc2ccc(F)c(C(F)F)c2F)c1F)C(F)(F)F. The number of aryl methyl sites for hydroxylation is 1. The Morgan fingerprint density at radius 1 is 1.10 bits per heavy atom. The second kappa shape index (κ2) is 8.45. The molecule has 0 radical (unpaired) electrons. The van der Waals surface area contributed by atoms with E-state index in [1.54, 1.807) is 5.32 Å². The maximum Gasteiger partial charge on any atom is 0.404 e. The fraction of sp³-hybridized carbons (Fsp3) is 0.312. The molecule has 0 saturated carbocycles. The molecular weight excluding hydrogens is 466 g/mol. The van der Waals surface area contributed by atoms with Crippen LogP contribution in [0.5, 0.6) is 0 Å². The fourth-order valence-corrected chi connectivity index (χ4v) is 3.78. The van der Waals surface area contributed by atoms with Crippen LogP contribution in [0, 0.1) is 17.5 Å². The van der Waals surface area contributed by atoms with E-state index >= 15 is 0 Å². The van der Waals surface area contributed by atoms with E-state index in [9.17, 15) is 48.3 Å². The molecular formula is C16H13F8N3O3S. The van der Waals surface area contributed by atoms with Crippen LogP contribution in [0.3, 0.4) is 0 Å². The summed E-state index contributed by atoms with van der Waals surface area (Å²) in [6.45, 7) is 0.462. The molecule has 0 unspecified atom stereocenters. The highest BCUT2D eigenvalue weighted by Gasteiger charge is 2.40. The van der Waals surface area contributed by atoms with Gasteiger partial charge in [0.25, 0.3) is 12.3 Å². The maximum absolute atomic E-state index is 14.6. The molecule has 1 heterocycles. The van der Waals surface area contributed by atoms with Crippen LogP contribution in [0.1, 0.15) is 29.4 Å². The Kier molecular flexibility index (Phi) is 6.70. The smallest absolute Gasteiger partial charge is 0.343 e. The summed E-state index contributed by atoms with van der Waals surface area (Å²) in [4.78, 5) is 11.0. The summed E-state index contributed by atoms with van der Waals surface area (Å²) < 4.78 is 131. The number of hydrogen-bond acceptors (Lipinski definition) is 3. The molecule has 2 aromatic rings. The lowest BCUT2D eigenvalue weighted by molar-refractivity contribution is -0.147. The van der Waals surface area contributed by atoms with Crippen molar-refractivity contribution in [1.29, 1.82) is 0 Å². The molecule has 31 heavy (non-hydrogen) atoms. The second-order valence-electron chi connectivity index (χ2n) is 6.23. The van der Waals surface area contributed by atoms with Gasteiger partial charge in [0.05, 0.1) is 11.3 Å². The number of sulfonamides is 1. The standard InChI is InChI=1S/C16H13F8N3O3S/c1-6(16(22,23)24)26-31(29,30)9-5-27(2)13(12(9)19)15(28)25-8-4-3-7(17)10(11(8)18)14(20)21/h3-6,14,26H,1-2H3,(H,25,28)/t6-/m1/s1. The van der Waals surface area contributed by atoms with Crippen LogP contribution in [-0.2, 0) is 17.1 Å². The van der Waals surface area contributed by atoms with Crippen LogP contribution in [0.2, 0.25) is 0 Å². The van der Waals surface area contributed by atoms with E-state index < -0.39 is 73.9 Å². The number of aromatic nitrogens is 1. The van der Waals surface area contributed by atoms with Gasteiger partial charge in [-0.15, -0.1) is 0 Å². The first-order valence-electron chi connectivity index (χ1n) is 8.09. The number of anilines is 1. The minimum Gasteiger partial charge on any atom is -0.343 e. The van der Waals surface area contributed by atoms with Crippen molar-refractivity contribution >= 4 is 21.6 Å². The summed E-state index contributed by atoms with van der Waals surface area (Å²) in [6.07, 6.45) is -8.08. The first-order chi connectivity index (χ1) is 14.1. The highest BCUT2D eigenvalue weighted by Crippen LogP contribution is 2.30. The van der Waals surface area contributed by atoms with Gasteiger partial charge >= 0.3 is 6.18 Å². The lowest BCUT2D eigenvalue weighted by Gasteiger charge is -2.16. The number of nitrogens with one attached hydrogen (secondary N) is 2. The highest BCUT2D eigenvalue weighted by molar-refractivity contribution is 7.89. The van der Waals surface area contributed by atoms with Gasteiger partial charge in [-0.1, -0.05) is 0 Å². The Bertz CT molecular complexity index is 1110. The zero-order chi connectivity index (χ0) is 23.9. The predicted octanol–water partition coefficient (Wildman–Crippen LogP) is 3.86. The molecule has 1 aromatic heterocycles. The Morgan fingerprint density at radius 3 is 2.19 bits per heavy atom. The third kappa shape index (κ3) is 4.98. The van der Waals surface area contributed by atoms with Crippen LogP contribution in [0.25, 0.3) is 0 Å². The van der Waals surface area contributed by atoms with Gasteiger partial charge in [0.2, 0.25) is 10.0 Å². The monoisotopic (exact) mass is 479 g/mol. The molecule has 1 atom stereocenters. The van der Waals surface area contributed by atoms with Crippen molar-refractivity contribution in [3.63, 3.8) is 0 Å². The minimum absolute atomic E-state index is 0.417. The van der Waals surface area contributed by atoms with E-state index in [0.29, 0.717) is 29.8 Å². The molecule has 0 saturated heterocycles. The zero-order valence-electron chi connectivity index (χ0n) is 15.5. The number of benzene rings is 1. The highest BCUT2D eigenvalue weighted by atomic mass is 32.2. The van der Waals surface area contributed by atoms with Gasteiger partial charge < -0.3 is 9.88 Å². The van der Waals surface area contributed by atoms with E-state index in [1.807, 2.05) is 0 Å². The van der Waals surface area contributed by atoms with Crippen LogP contribution >= 0.6 is 0 Å².